The highest BCUT2D eigenvalue weighted by Crippen LogP contribution is 2.49. The Balaban J connectivity index is 1.43. The van der Waals surface area contributed by atoms with E-state index in [0.717, 1.165) is 18.4 Å². The first kappa shape index (κ1) is 26.8. The third-order valence-corrected chi connectivity index (χ3v) is 9.20. The van der Waals surface area contributed by atoms with E-state index in [9.17, 15) is 14.4 Å². The van der Waals surface area contributed by atoms with E-state index in [4.69, 9.17) is 17.2 Å². The third kappa shape index (κ3) is 4.29. The molecule has 3 unspecified atom stereocenters. The van der Waals surface area contributed by atoms with Gasteiger partial charge in [-0.05, 0) is 36.6 Å². The van der Waals surface area contributed by atoms with Crippen LogP contribution in [0.3, 0.4) is 0 Å². The zero-order valence-corrected chi connectivity index (χ0v) is 23.0. The van der Waals surface area contributed by atoms with Gasteiger partial charge in [-0.3, -0.25) is 14.4 Å². The summed E-state index contributed by atoms with van der Waals surface area (Å²) >= 11 is 1.19. The number of amides is 2. The maximum absolute atomic E-state index is 14.1. The Morgan fingerprint density at radius 3 is 2.73 bits per heavy atom. The zero-order chi connectivity index (χ0) is 28.9. The molecule has 1 aliphatic carbocycles. The number of thiophene rings is 1. The number of anilines is 1. The molecule has 0 saturated carbocycles. The van der Waals surface area contributed by atoms with Gasteiger partial charge >= 0.3 is 0 Å². The molecule has 1 saturated heterocycles. The standard InChI is InChI=1S/C30H29N7O3S/c1-2-22(38)37-12-6-9-18(15-37)35-29(40)27-24-23-19(10-11-20(31)26(23)41-27)30(33,28(39)25(24)32)17-13-21(36-34-14-17)16-7-4-3-5-8-16/h2-5,7-8,10-11,13-14,18,25H,1,6,9,12,15,31-33H2,(H,35,40). The molecule has 3 heterocycles. The van der Waals surface area contributed by atoms with Crippen molar-refractivity contribution in [2.75, 3.05) is 18.8 Å². The zero-order valence-electron chi connectivity index (χ0n) is 22.2. The summed E-state index contributed by atoms with van der Waals surface area (Å²) in [6, 6.07) is 13.2. The summed E-state index contributed by atoms with van der Waals surface area (Å²) in [5, 5.41) is 12.1. The maximum Gasteiger partial charge on any atom is 0.262 e. The van der Waals surface area contributed by atoms with Gasteiger partial charge in [0.25, 0.3) is 5.91 Å². The van der Waals surface area contributed by atoms with Crippen molar-refractivity contribution in [1.82, 2.24) is 20.4 Å². The Kier molecular flexibility index (Phi) is 6.65. The molecule has 2 aliphatic rings. The number of nitrogens with two attached hydrogens (primary N) is 3. The third-order valence-electron chi connectivity index (χ3n) is 7.94. The molecule has 2 aromatic carbocycles. The fourth-order valence-corrected chi connectivity index (χ4v) is 7.06. The quantitative estimate of drug-likeness (QED) is 0.211. The van der Waals surface area contributed by atoms with Crippen LogP contribution in [0.1, 0.15) is 45.2 Å². The summed E-state index contributed by atoms with van der Waals surface area (Å²) in [7, 11) is 0. The molecule has 0 radical (unpaired) electrons. The molecule has 6 rings (SSSR count). The highest BCUT2D eigenvalue weighted by molar-refractivity contribution is 7.21. The Labute approximate surface area is 240 Å². The molecule has 1 fully saturated rings. The lowest BCUT2D eigenvalue weighted by atomic mass is 9.71. The van der Waals surface area contributed by atoms with Gasteiger partial charge in [0.1, 0.15) is 5.54 Å². The smallest absolute Gasteiger partial charge is 0.262 e. The number of rotatable bonds is 5. The number of hydrogen-bond acceptors (Lipinski definition) is 9. The van der Waals surface area contributed by atoms with Crippen LogP contribution in [0.4, 0.5) is 5.69 Å². The monoisotopic (exact) mass is 567 g/mol. The number of Topliss-reactive ketones (excluding diaryl/α,β-unsaturated/α-hetero) is 1. The second-order valence-corrected chi connectivity index (χ2v) is 11.4. The number of likely N-dealkylation sites (tertiary alicyclic amines) is 1. The SMILES string of the molecule is C=CC(=O)N1CCCC(NC(=O)c2sc3c(N)ccc4c3c2C(N)C(=O)C4(N)c2cnnc(-c3ccccc3)c2)C1. The molecule has 208 valence electrons. The molecular formula is C30H29N7O3S. The van der Waals surface area contributed by atoms with Crippen LogP contribution in [-0.2, 0) is 15.1 Å². The molecule has 10 nitrogen and oxygen atoms in total. The first-order valence-electron chi connectivity index (χ1n) is 13.3. The summed E-state index contributed by atoms with van der Waals surface area (Å²) < 4.78 is 0.637. The topological polar surface area (TPSA) is 170 Å². The lowest BCUT2D eigenvalue weighted by Crippen LogP contribution is -2.53. The van der Waals surface area contributed by atoms with Crippen molar-refractivity contribution in [2.45, 2.75) is 30.5 Å². The second-order valence-electron chi connectivity index (χ2n) is 10.4. The highest BCUT2D eigenvalue weighted by atomic mass is 32.1. The Hall–Kier alpha value is -4.45. The van der Waals surface area contributed by atoms with Crippen molar-refractivity contribution < 1.29 is 14.4 Å². The fourth-order valence-electron chi connectivity index (χ4n) is 5.86. The van der Waals surface area contributed by atoms with E-state index in [1.54, 1.807) is 23.1 Å². The summed E-state index contributed by atoms with van der Waals surface area (Å²) in [4.78, 5) is 41.9. The van der Waals surface area contributed by atoms with Crippen LogP contribution < -0.4 is 22.5 Å². The minimum atomic E-state index is -1.64. The van der Waals surface area contributed by atoms with E-state index in [0.29, 0.717) is 56.1 Å². The second kappa shape index (κ2) is 10.2. The number of carbonyl (C=O) groups is 3. The molecule has 0 spiro atoms. The van der Waals surface area contributed by atoms with Crippen molar-refractivity contribution in [3.63, 3.8) is 0 Å². The molecule has 4 aromatic rings. The number of carbonyl (C=O) groups excluding carboxylic acids is 3. The molecule has 2 aromatic heterocycles. The number of nitrogens with zero attached hydrogens (tertiary/aromatic N) is 3. The lowest BCUT2D eigenvalue weighted by Gasteiger charge is -2.36. The van der Waals surface area contributed by atoms with Crippen LogP contribution >= 0.6 is 11.3 Å². The van der Waals surface area contributed by atoms with E-state index in [1.165, 1.54) is 23.6 Å². The fraction of sp³-hybridized carbons (Fsp3) is 0.233. The number of benzene rings is 2. The minimum absolute atomic E-state index is 0.175. The van der Waals surface area contributed by atoms with E-state index >= 15 is 0 Å². The van der Waals surface area contributed by atoms with Gasteiger partial charge in [0.2, 0.25) is 5.91 Å². The molecule has 7 N–H and O–H groups in total. The van der Waals surface area contributed by atoms with E-state index in [-0.39, 0.29) is 17.9 Å². The first-order valence-corrected chi connectivity index (χ1v) is 14.1. The molecular weight excluding hydrogens is 538 g/mol. The number of ketones is 1. The summed E-state index contributed by atoms with van der Waals surface area (Å²) in [6.45, 7) is 4.54. The average molecular weight is 568 g/mol. The maximum atomic E-state index is 14.1. The number of nitrogens with one attached hydrogen (secondary N) is 1. The number of nitrogen functional groups attached to an aromatic ring is 1. The average Bonchev–Trinajstić information content (AvgIpc) is 3.42. The van der Waals surface area contributed by atoms with Gasteiger partial charge < -0.3 is 27.4 Å². The minimum Gasteiger partial charge on any atom is -0.398 e. The number of aromatic nitrogens is 2. The van der Waals surface area contributed by atoms with Crippen LogP contribution in [0, 0.1) is 0 Å². The van der Waals surface area contributed by atoms with Gasteiger partial charge in [0.05, 0.1) is 27.5 Å². The van der Waals surface area contributed by atoms with Gasteiger partial charge in [-0.25, -0.2) is 0 Å². The molecule has 3 atom stereocenters. The summed E-state index contributed by atoms with van der Waals surface area (Å²) in [5.41, 5.74) is 21.6. The van der Waals surface area contributed by atoms with E-state index in [2.05, 4.69) is 22.1 Å². The predicted octanol–water partition coefficient (Wildman–Crippen LogP) is 2.63. The molecule has 2 amide bonds. The van der Waals surface area contributed by atoms with Gasteiger partial charge in [0, 0.05) is 46.9 Å². The van der Waals surface area contributed by atoms with Gasteiger partial charge in [-0.2, -0.15) is 10.2 Å². The van der Waals surface area contributed by atoms with Crippen LogP contribution in [-0.4, -0.2) is 51.8 Å². The molecule has 41 heavy (non-hydrogen) atoms. The van der Waals surface area contributed by atoms with E-state index < -0.39 is 17.4 Å². The number of piperidine rings is 1. The van der Waals surface area contributed by atoms with Crippen molar-refractivity contribution in [1.29, 1.82) is 0 Å². The number of hydrogen-bond donors (Lipinski definition) is 4. The first-order chi connectivity index (χ1) is 19.7. The Morgan fingerprint density at radius 2 is 1.98 bits per heavy atom. The Bertz CT molecular complexity index is 1720. The Morgan fingerprint density at radius 1 is 1.20 bits per heavy atom. The van der Waals surface area contributed by atoms with E-state index in [1.807, 2.05) is 30.3 Å². The molecule has 0 bridgehead atoms. The predicted molar refractivity (Wildman–Crippen MR) is 158 cm³/mol. The normalized spacial score (nSPS) is 22.0. The summed E-state index contributed by atoms with van der Waals surface area (Å²) in [6.07, 6.45) is 4.22. The lowest BCUT2D eigenvalue weighted by molar-refractivity contribution is -0.127. The highest BCUT2D eigenvalue weighted by Gasteiger charge is 2.49. The largest absolute Gasteiger partial charge is 0.398 e. The van der Waals surface area contributed by atoms with Gasteiger partial charge in [-0.15, -0.1) is 11.3 Å². The van der Waals surface area contributed by atoms with Gasteiger partial charge in [-0.1, -0.05) is 43.0 Å². The van der Waals surface area contributed by atoms with Crippen LogP contribution in [0.5, 0.6) is 0 Å². The van der Waals surface area contributed by atoms with Crippen LogP contribution in [0.15, 0.2) is 67.4 Å². The van der Waals surface area contributed by atoms with Crippen molar-refractivity contribution in [2.24, 2.45) is 11.5 Å². The van der Waals surface area contributed by atoms with Gasteiger partial charge in [0.15, 0.2) is 5.78 Å². The van der Waals surface area contributed by atoms with Crippen molar-refractivity contribution >= 4 is 44.7 Å². The summed E-state index contributed by atoms with van der Waals surface area (Å²) in [5.74, 6) is -1.00. The van der Waals surface area contributed by atoms with Crippen LogP contribution in [0.25, 0.3) is 21.3 Å². The van der Waals surface area contributed by atoms with Crippen molar-refractivity contribution in [3.05, 3.63) is 89.0 Å². The van der Waals surface area contributed by atoms with Crippen molar-refractivity contribution in [3.8, 4) is 11.3 Å². The molecule has 11 heteroatoms. The van der Waals surface area contributed by atoms with Crippen LogP contribution in [0.2, 0.25) is 0 Å². The molecule has 1 aliphatic heterocycles.